The van der Waals surface area contributed by atoms with Crippen LogP contribution in [-0.2, 0) is 0 Å². The second-order valence-corrected chi connectivity index (χ2v) is 2.88. The second kappa shape index (κ2) is 4.75. The number of benzene rings is 1. The van der Waals surface area contributed by atoms with Gasteiger partial charge in [0.15, 0.2) is 17.6 Å². The Morgan fingerprint density at radius 3 is 2.31 bits per heavy atom. The van der Waals surface area contributed by atoms with Crippen molar-refractivity contribution in [1.29, 1.82) is 5.26 Å². The zero-order valence-electron chi connectivity index (χ0n) is 8.28. The monoisotopic (exact) mass is 231 g/mol. The van der Waals surface area contributed by atoms with E-state index in [1.807, 2.05) is 0 Å². The molecule has 1 rings (SSSR count). The fourth-order valence-electron chi connectivity index (χ4n) is 0.973. The molecular weight excluding hydrogens is 223 g/mol. The maximum absolute atomic E-state index is 12.0. The lowest BCUT2D eigenvalue weighted by Crippen LogP contribution is -2.18. The molecule has 3 nitrogen and oxygen atoms in total. The molecule has 0 aliphatic rings. The molecule has 0 aromatic heterocycles. The van der Waals surface area contributed by atoms with Gasteiger partial charge in [0, 0.05) is 0 Å². The summed E-state index contributed by atoms with van der Waals surface area (Å²) >= 11 is 0. The summed E-state index contributed by atoms with van der Waals surface area (Å²) in [7, 11) is 0. The van der Waals surface area contributed by atoms with Crippen LogP contribution in [0.1, 0.15) is 6.92 Å². The van der Waals surface area contributed by atoms with Gasteiger partial charge in [0.2, 0.25) is 0 Å². The van der Waals surface area contributed by atoms with Crippen LogP contribution in [-0.4, -0.2) is 12.5 Å². The number of alkyl halides is 3. The van der Waals surface area contributed by atoms with Gasteiger partial charge >= 0.3 is 6.36 Å². The van der Waals surface area contributed by atoms with Gasteiger partial charge in [-0.05, 0) is 19.1 Å². The zero-order valence-corrected chi connectivity index (χ0v) is 8.28. The minimum absolute atomic E-state index is 0.117. The van der Waals surface area contributed by atoms with Crippen molar-refractivity contribution in [2.75, 3.05) is 0 Å². The Morgan fingerprint density at radius 1 is 1.25 bits per heavy atom. The van der Waals surface area contributed by atoms with E-state index < -0.39 is 18.2 Å². The highest BCUT2D eigenvalue weighted by Gasteiger charge is 2.32. The van der Waals surface area contributed by atoms with Crippen LogP contribution in [0.5, 0.6) is 11.5 Å². The highest BCUT2D eigenvalue weighted by molar-refractivity contribution is 5.40. The molecule has 1 aromatic rings. The Balaban J connectivity index is 2.88. The summed E-state index contributed by atoms with van der Waals surface area (Å²) in [6.45, 7) is 1.42. The molecule has 0 bridgehead atoms. The summed E-state index contributed by atoms with van der Waals surface area (Å²) in [5, 5.41) is 8.48. The van der Waals surface area contributed by atoms with Gasteiger partial charge in [-0.1, -0.05) is 12.1 Å². The summed E-state index contributed by atoms with van der Waals surface area (Å²) < 4.78 is 44.7. The van der Waals surface area contributed by atoms with Crippen molar-refractivity contribution in [3.05, 3.63) is 24.3 Å². The van der Waals surface area contributed by atoms with Crippen molar-refractivity contribution >= 4 is 0 Å². The molecule has 0 N–H and O–H groups in total. The predicted molar refractivity (Wildman–Crippen MR) is 48.8 cm³/mol. The number of nitriles is 1. The van der Waals surface area contributed by atoms with Crippen LogP contribution in [0.25, 0.3) is 0 Å². The van der Waals surface area contributed by atoms with Crippen molar-refractivity contribution in [2.24, 2.45) is 0 Å². The van der Waals surface area contributed by atoms with E-state index in [9.17, 15) is 13.2 Å². The molecule has 1 unspecified atom stereocenters. The average molecular weight is 231 g/mol. The van der Waals surface area contributed by atoms with Gasteiger partial charge in [-0.2, -0.15) is 5.26 Å². The third-order valence-corrected chi connectivity index (χ3v) is 1.56. The van der Waals surface area contributed by atoms with E-state index in [-0.39, 0.29) is 5.75 Å². The van der Waals surface area contributed by atoms with Crippen LogP contribution in [0.15, 0.2) is 24.3 Å². The second-order valence-electron chi connectivity index (χ2n) is 2.88. The Hall–Kier alpha value is -1.90. The molecule has 0 radical (unpaired) electrons. The molecule has 6 heteroatoms. The van der Waals surface area contributed by atoms with Gasteiger partial charge in [-0.3, -0.25) is 0 Å². The largest absolute Gasteiger partial charge is 0.573 e. The smallest absolute Gasteiger partial charge is 0.472 e. The summed E-state index contributed by atoms with van der Waals surface area (Å²) in [6.07, 6.45) is -5.63. The molecule has 0 aliphatic heterocycles. The molecule has 0 heterocycles. The average Bonchev–Trinajstić information content (AvgIpc) is 2.18. The number of hydrogen-bond donors (Lipinski definition) is 0. The Kier molecular flexibility index (Phi) is 3.61. The molecule has 0 aliphatic carbocycles. The molecule has 16 heavy (non-hydrogen) atoms. The standard InChI is InChI=1S/C10H8F3NO2/c1-7(6-14)15-8-4-2-3-5-9(8)16-10(11,12)13/h2-5,7H,1H3. The number of nitrogens with zero attached hydrogens (tertiary/aromatic N) is 1. The van der Waals surface area contributed by atoms with Crippen molar-refractivity contribution < 1.29 is 22.6 Å². The first-order chi connectivity index (χ1) is 7.42. The van der Waals surface area contributed by atoms with E-state index in [4.69, 9.17) is 10.00 Å². The van der Waals surface area contributed by atoms with Gasteiger partial charge in [-0.15, -0.1) is 13.2 Å². The number of hydrogen-bond acceptors (Lipinski definition) is 3. The maximum atomic E-state index is 12.0. The SMILES string of the molecule is CC(C#N)Oc1ccccc1OC(F)(F)F. The third kappa shape index (κ3) is 3.69. The molecule has 0 spiro atoms. The lowest BCUT2D eigenvalue weighted by molar-refractivity contribution is -0.275. The van der Waals surface area contributed by atoms with Crippen molar-refractivity contribution in [1.82, 2.24) is 0 Å². The van der Waals surface area contributed by atoms with Crippen LogP contribution in [0.4, 0.5) is 13.2 Å². The summed E-state index contributed by atoms with van der Waals surface area (Å²) in [5.41, 5.74) is 0. The summed E-state index contributed by atoms with van der Waals surface area (Å²) in [6, 6.07) is 7.03. The van der Waals surface area contributed by atoms with Gasteiger partial charge in [0.25, 0.3) is 0 Å². The van der Waals surface area contributed by atoms with E-state index in [1.165, 1.54) is 25.1 Å². The van der Waals surface area contributed by atoms with Crippen LogP contribution < -0.4 is 9.47 Å². The number of rotatable bonds is 3. The van der Waals surface area contributed by atoms with Crippen molar-refractivity contribution in [3.8, 4) is 17.6 Å². The highest BCUT2D eigenvalue weighted by atomic mass is 19.4. The molecule has 1 atom stereocenters. The molecule has 0 fully saturated rings. The molecular formula is C10H8F3NO2. The minimum atomic E-state index is -4.78. The molecule has 86 valence electrons. The van der Waals surface area contributed by atoms with E-state index in [1.54, 1.807) is 6.07 Å². The van der Waals surface area contributed by atoms with E-state index >= 15 is 0 Å². The van der Waals surface area contributed by atoms with Gasteiger partial charge in [0.1, 0.15) is 6.07 Å². The first-order valence-electron chi connectivity index (χ1n) is 4.33. The predicted octanol–water partition coefficient (Wildman–Crippen LogP) is 2.88. The normalized spacial score (nSPS) is 12.7. The van der Waals surface area contributed by atoms with Crippen LogP contribution in [0, 0.1) is 11.3 Å². The zero-order chi connectivity index (χ0) is 12.2. The fraction of sp³-hybridized carbons (Fsp3) is 0.300. The first kappa shape index (κ1) is 12.2. The van der Waals surface area contributed by atoms with Crippen molar-refractivity contribution in [3.63, 3.8) is 0 Å². The van der Waals surface area contributed by atoms with Gasteiger partial charge in [0.05, 0.1) is 0 Å². The Labute approximate surface area is 90.0 Å². The molecule has 0 saturated carbocycles. The third-order valence-electron chi connectivity index (χ3n) is 1.56. The number of ether oxygens (including phenoxy) is 2. The van der Waals surface area contributed by atoms with Crippen LogP contribution in [0.3, 0.4) is 0 Å². The molecule has 0 saturated heterocycles. The van der Waals surface area contributed by atoms with E-state index in [2.05, 4.69) is 4.74 Å². The van der Waals surface area contributed by atoms with Gasteiger partial charge < -0.3 is 9.47 Å². The fourth-order valence-corrected chi connectivity index (χ4v) is 0.973. The first-order valence-corrected chi connectivity index (χ1v) is 4.33. The minimum Gasteiger partial charge on any atom is -0.472 e. The molecule has 0 amide bonds. The highest BCUT2D eigenvalue weighted by Crippen LogP contribution is 2.32. The Bertz CT molecular complexity index is 398. The van der Waals surface area contributed by atoms with E-state index in [0.29, 0.717) is 0 Å². The topological polar surface area (TPSA) is 42.2 Å². The number of halogens is 3. The number of para-hydroxylation sites is 2. The van der Waals surface area contributed by atoms with Crippen molar-refractivity contribution in [2.45, 2.75) is 19.4 Å². The van der Waals surface area contributed by atoms with Gasteiger partial charge in [-0.25, -0.2) is 0 Å². The quantitative estimate of drug-likeness (QED) is 0.803. The van der Waals surface area contributed by atoms with E-state index in [0.717, 1.165) is 6.07 Å². The Morgan fingerprint density at radius 2 is 1.81 bits per heavy atom. The summed E-state index contributed by atoms with van der Waals surface area (Å²) in [4.78, 5) is 0. The van der Waals surface area contributed by atoms with Crippen LogP contribution in [0.2, 0.25) is 0 Å². The summed E-state index contributed by atoms with van der Waals surface area (Å²) in [5.74, 6) is -0.578. The lowest BCUT2D eigenvalue weighted by Gasteiger charge is -2.14. The lowest BCUT2D eigenvalue weighted by atomic mass is 10.3. The maximum Gasteiger partial charge on any atom is 0.573 e. The van der Waals surface area contributed by atoms with Crippen LogP contribution >= 0.6 is 0 Å². The molecule has 1 aromatic carbocycles.